The van der Waals surface area contributed by atoms with E-state index in [0.717, 1.165) is 122 Å². The van der Waals surface area contributed by atoms with Crippen molar-refractivity contribution in [2.75, 3.05) is 32.8 Å². The number of rotatable bonds is 40. The van der Waals surface area contributed by atoms with E-state index in [1.165, 1.54) is 77.0 Å². The van der Waals surface area contributed by atoms with Crippen LogP contribution in [0.1, 0.15) is 213 Å². The molecule has 0 heterocycles. The van der Waals surface area contributed by atoms with E-state index in [2.05, 4.69) is 18.7 Å². The Kier molecular flexibility index (Phi) is 39.0. The van der Waals surface area contributed by atoms with Gasteiger partial charge >= 0.3 is 15.9 Å². The second-order valence-corrected chi connectivity index (χ2v) is 15.9. The lowest BCUT2D eigenvalue weighted by molar-refractivity contribution is -0.150. The Bertz CT molecular complexity index is 798. The minimum Gasteiger partial charge on any atom is -0.463 e. The summed E-state index contributed by atoms with van der Waals surface area (Å²) in [5.41, 5.74) is 0. The number of carbonyl (C=O) groups excluding carboxylic acids is 3. The number of hydrogen-bond donors (Lipinski definition) is 1. The first-order valence-corrected chi connectivity index (χ1v) is 22.9. The summed E-state index contributed by atoms with van der Waals surface area (Å²) in [6.07, 6.45) is 32.7. The van der Waals surface area contributed by atoms with Crippen LogP contribution in [0.4, 0.5) is 4.79 Å². The largest absolute Gasteiger partial charge is 0.463 e. The van der Waals surface area contributed by atoms with Crippen LogP contribution in [-0.2, 0) is 23.8 Å². The topological polar surface area (TPSA) is 102 Å². The van der Waals surface area contributed by atoms with Gasteiger partial charge in [0.05, 0.1) is 41.9 Å². The Morgan fingerprint density at radius 3 is 1.46 bits per heavy atom. The molecule has 0 radical (unpaired) electrons. The van der Waals surface area contributed by atoms with Gasteiger partial charge in [-0.3, -0.25) is 9.59 Å². The molecule has 0 aliphatic heterocycles. The van der Waals surface area contributed by atoms with Gasteiger partial charge in [0.15, 0.2) is 0 Å². The third-order valence-corrected chi connectivity index (χ3v) is 10.3. The molecule has 1 N–H and O–H groups in total. The van der Waals surface area contributed by atoms with Gasteiger partial charge in [-0.25, -0.2) is 4.79 Å². The van der Waals surface area contributed by atoms with Crippen molar-refractivity contribution in [2.45, 2.75) is 226 Å². The first-order valence-electron chi connectivity index (χ1n) is 21.9. The van der Waals surface area contributed by atoms with Gasteiger partial charge in [0.25, 0.3) is 0 Å². The van der Waals surface area contributed by atoms with Crippen molar-refractivity contribution in [1.82, 2.24) is 4.90 Å². The van der Waals surface area contributed by atoms with Crippen LogP contribution in [0, 0.1) is 0 Å². The fourth-order valence-corrected chi connectivity index (χ4v) is 6.98. The molecule has 0 aromatic carbocycles. The minimum absolute atomic E-state index is 0.00243. The van der Waals surface area contributed by atoms with E-state index in [0.29, 0.717) is 19.4 Å². The molecule has 52 heavy (non-hydrogen) atoms. The van der Waals surface area contributed by atoms with E-state index in [-0.39, 0.29) is 34.7 Å². The summed E-state index contributed by atoms with van der Waals surface area (Å²) in [6, 6.07) is 0. The van der Waals surface area contributed by atoms with Crippen molar-refractivity contribution in [3.8, 4) is 0 Å². The van der Waals surface area contributed by atoms with Crippen molar-refractivity contribution in [2.24, 2.45) is 0 Å². The lowest BCUT2D eigenvalue weighted by atomic mass is 10.0. The van der Waals surface area contributed by atoms with Crippen molar-refractivity contribution >= 4 is 38.5 Å². The second-order valence-electron chi connectivity index (χ2n) is 15.1. The Labute approximate surface area is 334 Å². The molecule has 9 heteroatoms. The van der Waals surface area contributed by atoms with Crippen molar-refractivity contribution in [3.63, 3.8) is 0 Å². The molecule has 0 aromatic heterocycles. The van der Waals surface area contributed by atoms with Gasteiger partial charge in [-0.05, 0) is 97.1 Å². The predicted octanol–water partition coefficient (Wildman–Crippen LogP) is 12.4. The number of ether oxygens (including phenoxy) is 3. The summed E-state index contributed by atoms with van der Waals surface area (Å²) in [7, 11) is 0. The van der Waals surface area contributed by atoms with Crippen LogP contribution in [0.5, 0.6) is 0 Å². The van der Waals surface area contributed by atoms with Gasteiger partial charge in [-0.15, -0.1) is 0 Å². The highest BCUT2D eigenvalue weighted by molar-refractivity contribution is 14.1. The maximum atomic E-state index is 12.7. The summed E-state index contributed by atoms with van der Waals surface area (Å²) in [4.78, 5) is 38.0. The molecule has 0 saturated carbocycles. The highest BCUT2D eigenvalue weighted by atomic mass is 127. The average molecular weight is 852 g/mol. The van der Waals surface area contributed by atoms with Gasteiger partial charge in [0, 0.05) is 19.4 Å². The van der Waals surface area contributed by atoms with Gasteiger partial charge in [-0.1, -0.05) is 117 Å². The minimum atomic E-state index is -0.269. The molecule has 0 rings (SSSR count). The molecule has 308 valence electrons. The SMILES string of the molecule is CCCCCCCCC(CCCCCCCC)OC(=O)CCCCCCCN(CCO)CCCCCCCC(=O)OC(C)CCCCCOC(=O)I. The Morgan fingerprint density at radius 1 is 0.538 bits per heavy atom. The van der Waals surface area contributed by atoms with Gasteiger partial charge in [0.1, 0.15) is 6.10 Å². The molecular weight excluding hydrogens is 769 g/mol. The summed E-state index contributed by atoms with van der Waals surface area (Å²) in [5.74, 6) is -0.103. The van der Waals surface area contributed by atoms with Gasteiger partial charge in [0.2, 0.25) is 0 Å². The van der Waals surface area contributed by atoms with Crippen molar-refractivity contribution < 1.29 is 33.7 Å². The Morgan fingerprint density at radius 2 is 0.962 bits per heavy atom. The Balaban J connectivity index is 3.99. The molecule has 0 amide bonds. The fourth-order valence-electron chi connectivity index (χ4n) is 6.76. The third kappa shape index (κ3) is 37.4. The molecule has 0 aromatic rings. The Hall–Kier alpha value is -0.940. The van der Waals surface area contributed by atoms with Crippen LogP contribution < -0.4 is 0 Å². The summed E-state index contributed by atoms with van der Waals surface area (Å²) >= 11 is 1.63. The van der Waals surface area contributed by atoms with Crippen LogP contribution in [-0.4, -0.2) is 71.0 Å². The molecule has 1 atom stereocenters. The zero-order valence-corrected chi connectivity index (χ0v) is 36.3. The quantitative estimate of drug-likeness (QED) is 0.0214. The molecule has 8 nitrogen and oxygen atoms in total. The van der Waals surface area contributed by atoms with E-state index in [1.54, 1.807) is 22.6 Å². The lowest BCUT2D eigenvalue weighted by Gasteiger charge is -2.21. The van der Waals surface area contributed by atoms with E-state index in [1.807, 2.05) is 6.92 Å². The molecule has 0 spiro atoms. The number of esters is 2. The zero-order valence-electron chi connectivity index (χ0n) is 34.1. The van der Waals surface area contributed by atoms with Crippen molar-refractivity contribution in [3.05, 3.63) is 0 Å². The third-order valence-electron chi connectivity index (χ3n) is 9.99. The van der Waals surface area contributed by atoms with Gasteiger partial charge < -0.3 is 24.2 Å². The predicted molar refractivity (Wildman–Crippen MR) is 224 cm³/mol. The number of carbonyl (C=O) groups is 3. The number of hydrogen-bond acceptors (Lipinski definition) is 8. The average Bonchev–Trinajstić information content (AvgIpc) is 3.11. The molecule has 0 aliphatic rings. The molecule has 0 saturated heterocycles. The maximum Gasteiger partial charge on any atom is 0.367 e. The summed E-state index contributed by atoms with van der Waals surface area (Å²) in [5, 5.41) is 9.55. The van der Waals surface area contributed by atoms with Crippen LogP contribution >= 0.6 is 22.6 Å². The number of aliphatic hydroxyl groups excluding tert-OH is 1. The molecule has 0 bridgehead atoms. The highest BCUT2D eigenvalue weighted by Gasteiger charge is 2.15. The summed E-state index contributed by atoms with van der Waals surface area (Å²) in [6.45, 7) is 9.84. The van der Waals surface area contributed by atoms with Crippen LogP contribution in [0.15, 0.2) is 0 Å². The normalized spacial score (nSPS) is 12.1. The van der Waals surface area contributed by atoms with Crippen LogP contribution in [0.25, 0.3) is 0 Å². The number of nitrogens with zero attached hydrogens (tertiary/aromatic N) is 1. The van der Waals surface area contributed by atoms with E-state index in [9.17, 15) is 19.5 Å². The molecular formula is C43H82INO7. The molecule has 0 fully saturated rings. The van der Waals surface area contributed by atoms with Crippen molar-refractivity contribution in [1.29, 1.82) is 0 Å². The zero-order chi connectivity index (χ0) is 38.3. The second kappa shape index (κ2) is 39.7. The number of halogens is 1. The number of unbranched alkanes of at least 4 members (excludes halogenated alkanes) is 20. The lowest BCUT2D eigenvalue weighted by Crippen LogP contribution is -2.29. The van der Waals surface area contributed by atoms with E-state index < -0.39 is 0 Å². The smallest absolute Gasteiger partial charge is 0.367 e. The summed E-state index contributed by atoms with van der Waals surface area (Å²) < 4.78 is 16.2. The first-order chi connectivity index (χ1) is 25.3. The molecule has 0 aliphatic carbocycles. The fraction of sp³-hybridized carbons (Fsp3) is 0.930. The maximum absolute atomic E-state index is 12.7. The standard InChI is InChI=1S/C43H82INO7/c1-4-6-8-10-14-22-30-40(31-23-15-11-9-7-5-2)52-42(48)33-25-17-13-19-27-35-45(36-37-46)34-26-18-12-16-24-32-41(47)51-39(3)29-21-20-28-38-50-43(44)49/h39-40,46H,4-38H2,1-3H3. The monoisotopic (exact) mass is 852 g/mol. The first kappa shape index (κ1) is 51.1. The molecule has 1 unspecified atom stereocenters. The van der Waals surface area contributed by atoms with E-state index >= 15 is 0 Å². The van der Waals surface area contributed by atoms with Gasteiger partial charge in [-0.2, -0.15) is 0 Å². The number of aliphatic hydroxyl groups is 1. The van der Waals surface area contributed by atoms with E-state index in [4.69, 9.17) is 14.2 Å². The van der Waals surface area contributed by atoms with Crippen LogP contribution in [0.2, 0.25) is 0 Å². The highest BCUT2D eigenvalue weighted by Crippen LogP contribution is 2.19. The van der Waals surface area contributed by atoms with Crippen LogP contribution in [0.3, 0.4) is 0 Å².